The fourth-order valence-corrected chi connectivity index (χ4v) is 4.59. The lowest BCUT2D eigenvalue weighted by Gasteiger charge is -2.35. The van der Waals surface area contributed by atoms with Crippen LogP contribution in [0.5, 0.6) is 5.75 Å². The van der Waals surface area contributed by atoms with Crippen molar-refractivity contribution in [1.82, 2.24) is 19.9 Å². The molecule has 0 unspecified atom stereocenters. The minimum Gasteiger partial charge on any atom is -0.493 e. The highest BCUT2D eigenvalue weighted by Crippen LogP contribution is 2.36. The fraction of sp³-hybridized carbons (Fsp3) is 0.462. The monoisotopic (exact) mass is 457 g/mol. The molecule has 0 aliphatic carbocycles. The van der Waals surface area contributed by atoms with Gasteiger partial charge in [0.15, 0.2) is 5.66 Å². The molecule has 176 valence electrons. The van der Waals surface area contributed by atoms with Crippen molar-refractivity contribution >= 4 is 16.7 Å². The van der Waals surface area contributed by atoms with E-state index in [1.807, 2.05) is 12.3 Å². The number of rotatable bonds is 10. The summed E-state index contributed by atoms with van der Waals surface area (Å²) in [6, 6.07) is 8.46. The first-order valence-electron chi connectivity index (χ1n) is 12.1. The second-order valence-electron chi connectivity index (χ2n) is 9.02. The molecule has 8 nitrogen and oxygen atoms in total. The zero-order chi connectivity index (χ0) is 23.4. The molecule has 0 spiro atoms. The minimum absolute atomic E-state index is 0.300. The predicted molar refractivity (Wildman–Crippen MR) is 133 cm³/mol. The van der Waals surface area contributed by atoms with E-state index < -0.39 is 0 Å². The molecule has 1 N–H and O–H groups in total. The lowest BCUT2D eigenvalue weighted by Crippen LogP contribution is -2.46. The molecule has 0 atom stereocenters. The minimum atomic E-state index is -0.300. The molecule has 2 aliphatic heterocycles. The van der Waals surface area contributed by atoms with Crippen LogP contribution in [0, 0.1) is 12.3 Å². The zero-order valence-electron chi connectivity index (χ0n) is 19.7. The van der Waals surface area contributed by atoms with Gasteiger partial charge in [-0.25, -0.2) is 9.97 Å². The average molecular weight is 458 g/mol. The third kappa shape index (κ3) is 5.05. The molecule has 1 saturated heterocycles. The molecular formula is C26H31N7O. The van der Waals surface area contributed by atoms with Crippen LogP contribution in [0.25, 0.3) is 10.9 Å². The molecule has 34 heavy (non-hydrogen) atoms. The van der Waals surface area contributed by atoms with E-state index in [0.29, 0.717) is 13.0 Å². The standard InChI is InChI=1S/C26H31N7O/c1-3-5-8-26(30-31-26)9-14-34-23-7-6-21-15-22(29-24(21)16-23)18-32-10-12-33(13-11-32)25-20(4-2)17-27-19-28-25/h1,6-7,15-17,19,29H,4-5,8-14,18H2,2H3. The van der Waals surface area contributed by atoms with Gasteiger partial charge in [0.25, 0.3) is 0 Å². The summed E-state index contributed by atoms with van der Waals surface area (Å²) in [5.41, 5.74) is 3.24. The van der Waals surface area contributed by atoms with E-state index in [-0.39, 0.29) is 5.66 Å². The quantitative estimate of drug-likeness (QED) is 0.462. The summed E-state index contributed by atoms with van der Waals surface area (Å²) in [6.07, 6.45) is 12.2. The SMILES string of the molecule is C#CCCC1(CCOc2ccc3cc(CN4CCN(c5ncncc5CC)CC4)[nH]c3c2)N=N1. The van der Waals surface area contributed by atoms with Crippen molar-refractivity contribution in [1.29, 1.82) is 0 Å². The van der Waals surface area contributed by atoms with Crippen LogP contribution >= 0.6 is 0 Å². The first kappa shape index (κ1) is 22.4. The number of ether oxygens (including phenoxy) is 1. The van der Waals surface area contributed by atoms with Crippen molar-refractivity contribution in [2.75, 3.05) is 37.7 Å². The number of aromatic amines is 1. The number of piperazine rings is 1. The van der Waals surface area contributed by atoms with Gasteiger partial charge >= 0.3 is 0 Å². The van der Waals surface area contributed by atoms with E-state index in [4.69, 9.17) is 11.2 Å². The Labute approximate surface area is 200 Å². The second kappa shape index (κ2) is 9.82. The fourth-order valence-electron chi connectivity index (χ4n) is 4.59. The van der Waals surface area contributed by atoms with E-state index in [9.17, 15) is 0 Å². The number of nitrogens with one attached hydrogen (secondary N) is 1. The summed E-state index contributed by atoms with van der Waals surface area (Å²) in [5, 5.41) is 9.54. The molecule has 1 fully saturated rings. The van der Waals surface area contributed by atoms with Crippen LogP contribution in [0.15, 0.2) is 47.0 Å². The van der Waals surface area contributed by atoms with Crippen molar-refractivity contribution in [3.8, 4) is 18.1 Å². The maximum Gasteiger partial charge on any atom is 0.195 e. The second-order valence-corrected chi connectivity index (χ2v) is 9.02. The van der Waals surface area contributed by atoms with E-state index in [0.717, 1.165) is 69.1 Å². The van der Waals surface area contributed by atoms with E-state index in [2.05, 4.69) is 66.0 Å². The molecule has 5 rings (SSSR count). The summed E-state index contributed by atoms with van der Waals surface area (Å²) >= 11 is 0. The first-order chi connectivity index (χ1) is 16.7. The van der Waals surface area contributed by atoms with Gasteiger partial charge in [-0.1, -0.05) is 6.92 Å². The molecule has 8 heteroatoms. The number of benzene rings is 1. The predicted octanol–water partition coefficient (Wildman–Crippen LogP) is 4.19. The van der Waals surface area contributed by atoms with Crippen LogP contribution in [0.2, 0.25) is 0 Å². The number of hydrogen-bond acceptors (Lipinski definition) is 7. The number of fused-ring (bicyclic) bond motifs is 1. The molecule has 1 aromatic carbocycles. The van der Waals surface area contributed by atoms with Crippen molar-refractivity contribution in [3.05, 3.63) is 48.0 Å². The number of nitrogens with zero attached hydrogens (tertiary/aromatic N) is 6. The molecule has 0 bridgehead atoms. The molecular weight excluding hydrogens is 426 g/mol. The summed E-state index contributed by atoms with van der Waals surface area (Å²) < 4.78 is 5.98. The molecule has 0 saturated carbocycles. The highest BCUT2D eigenvalue weighted by molar-refractivity contribution is 5.81. The van der Waals surface area contributed by atoms with Crippen molar-refractivity contribution < 1.29 is 4.74 Å². The maximum absolute atomic E-state index is 5.98. The van der Waals surface area contributed by atoms with Gasteiger partial charge in [-0.2, -0.15) is 10.2 Å². The van der Waals surface area contributed by atoms with Gasteiger partial charge in [-0.3, -0.25) is 4.90 Å². The van der Waals surface area contributed by atoms with Crippen LogP contribution in [-0.2, 0) is 13.0 Å². The third-order valence-corrected chi connectivity index (χ3v) is 6.68. The smallest absolute Gasteiger partial charge is 0.195 e. The number of aromatic nitrogens is 3. The zero-order valence-corrected chi connectivity index (χ0v) is 19.7. The van der Waals surface area contributed by atoms with Gasteiger partial charge in [-0.15, -0.1) is 12.3 Å². The van der Waals surface area contributed by atoms with Crippen molar-refractivity contribution in [3.63, 3.8) is 0 Å². The Hall–Kier alpha value is -3.44. The van der Waals surface area contributed by atoms with E-state index in [1.54, 1.807) is 6.33 Å². The lowest BCUT2D eigenvalue weighted by atomic mass is 10.1. The van der Waals surface area contributed by atoms with Gasteiger partial charge in [0.2, 0.25) is 0 Å². The van der Waals surface area contributed by atoms with E-state index >= 15 is 0 Å². The Balaban J connectivity index is 1.14. The molecule has 0 radical (unpaired) electrons. The van der Waals surface area contributed by atoms with Crippen LogP contribution in [0.1, 0.15) is 37.4 Å². The normalized spacial score (nSPS) is 17.1. The highest BCUT2D eigenvalue weighted by Gasteiger charge is 2.38. The van der Waals surface area contributed by atoms with Crippen molar-refractivity contribution in [2.45, 2.75) is 44.8 Å². The summed E-state index contributed by atoms with van der Waals surface area (Å²) in [4.78, 5) is 17.1. The number of hydrogen-bond donors (Lipinski definition) is 1. The van der Waals surface area contributed by atoms with Gasteiger partial charge in [0.1, 0.15) is 17.9 Å². The molecule has 3 aromatic rings. The van der Waals surface area contributed by atoms with E-state index in [1.165, 1.54) is 16.6 Å². The van der Waals surface area contributed by atoms with Gasteiger partial charge in [-0.05, 0) is 30.0 Å². The summed E-state index contributed by atoms with van der Waals surface area (Å²) in [7, 11) is 0. The van der Waals surface area contributed by atoms with Crippen LogP contribution in [0.3, 0.4) is 0 Å². The largest absolute Gasteiger partial charge is 0.493 e. The summed E-state index contributed by atoms with van der Waals surface area (Å²) in [6.45, 7) is 7.61. The Bertz CT molecular complexity index is 1200. The number of aryl methyl sites for hydroxylation is 1. The van der Waals surface area contributed by atoms with Crippen molar-refractivity contribution in [2.24, 2.45) is 10.2 Å². The maximum atomic E-state index is 5.98. The Kier molecular flexibility index (Phi) is 6.45. The number of terminal acetylenes is 1. The van der Waals surface area contributed by atoms with Gasteiger partial charge in [0.05, 0.1) is 6.61 Å². The Morgan fingerprint density at radius 1 is 1.15 bits per heavy atom. The van der Waals surface area contributed by atoms with Crippen LogP contribution in [0.4, 0.5) is 5.82 Å². The molecule has 4 heterocycles. The Morgan fingerprint density at radius 3 is 2.76 bits per heavy atom. The van der Waals surface area contributed by atoms with Crippen LogP contribution < -0.4 is 9.64 Å². The highest BCUT2D eigenvalue weighted by atomic mass is 16.5. The van der Waals surface area contributed by atoms with Gasteiger partial charge in [0, 0.05) is 81.0 Å². The molecule has 0 amide bonds. The average Bonchev–Trinajstić information content (AvgIpc) is 3.53. The first-order valence-corrected chi connectivity index (χ1v) is 12.1. The topological polar surface area (TPSA) is 82.0 Å². The molecule has 2 aliphatic rings. The Morgan fingerprint density at radius 2 is 2.00 bits per heavy atom. The summed E-state index contributed by atoms with van der Waals surface area (Å²) in [5.74, 6) is 4.61. The van der Waals surface area contributed by atoms with Gasteiger partial charge < -0.3 is 14.6 Å². The number of anilines is 1. The third-order valence-electron chi connectivity index (χ3n) is 6.68. The lowest BCUT2D eigenvalue weighted by molar-refractivity contribution is 0.247. The molecule has 2 aromatic heterocycles. The van der Waals surface area contributed by atoms with Crippen LogP contribution in [-0.4, -0.2) is 58.3 Å². The number of H-pyrrole nitrogens is 1.